The average Bonchev–Trinajstić information content (AvgIpc) is 2.32. The first-order chi connectivity index (χ1) is 5.41. The van der Waals surface area contributed by atoms with E-state index in [1.54, 1.807) is 19.9 Å². The SMILES string of the molecule is CC(C)(N)C(=O)c1ccc(Br)s1. The lowest BCUT2D eigenvalue weighted by Gasteiger charge is -2.14. The minimum Gasteiger partial charge on any atom is -0.319 e. The summed E-state index contributed by atoms with van der Waals surface area (Å²) >= 11 is 4.70. The van der Waals surface area contributed by atoms with E-state index in [1.807, 2.05) is 6.07 Å². The van der Waals surface area contributed by atoms with Crippen LogP contribution in [0.15, 0.2) is 15.9 Å². The molecule has 0 aliphatic rings. The highest BCUT2D eigenvalue weighted by Gasteiger charge is 2.24. The standard InChI is InChI=1S/C8H10BrNOS/c1-8(2,10)7(11)5-3-4-6(9)12-5/h3-4H,10H2,1-2H3. The Morgan fingerprint density at radius 3 is 2.50 bits per heavy atom. The highest BCUT2D eigenvalue weighted by atomic mass is 79.9. The summed E-state index contributed by atoms with van der Waals surface area (Å²) in [6.45, 7) is 3.42. The number of ketones is 1. The molecule has 0 atom stereocenters. The summed E-state index contributed by atoms with van der Waals surface area (Å²) in [6.07, 6.45) is 0. The van der Waals surface area contributed by atoms with Crippen LogP contribution in [0.4, 0.5) is 0 Å². The molecule has 12 heavy (non-hydrogen) atoms. The van der Waals surface area contributed by atoms with Gasteiger partial charge in [0.05, 0.1) is 14.2 Å². The van der Waals surface area contributed by atoms with Crippen LogP contribution in [0.2, 0.25) is 0 Å². The number of hydrogen-bond acceptors (Lipinski definition) is 3. The highest BCUT2D eigenvalue weighted by Crippen LogP contribution is 2.24. The number of nitrogens with two attached hydrogens (primary N) is 1. The van der Waals surface area contributed by atoms with Crippen molar-refractivity contribution in [1.82, 2.24) is 0 Å². The van der Waals surface area contributed by atoms with Gasteiger partial charge in [-0.2, -0.15) is 0 Å². The van der Waals surface area contributed by atoms with Crippen molar-refractivity contribution in [2.24, 2.45) is 5.73 Å². The molecule has 1 heterocycles. The van der Waals surface area contributed by atoms with Gasteiger partial charge in [0.2, 0.25) is 0 Å². The predicted octanol–water partition coefficient (Wildman–Crippen LogP) is 2.43. The van der Waals surface area contributed by atoms with Crippen molar-refractivity contribution in [2.45, 2.75) is 19.4 Å². The summed E-state index contributed by atoms with van der Waals surface area (Å²) < 4.78 is 0.954. The van der Waals surface area contributed by atoms with Crippen LogP contribution in [0.25, 0.3) is 0 Å². The fourth-order valence-corrected chi connectivity index (χ4v) is 2.25. The van der Waals surface area contributed by atoms with Gasteiger partial charge < -0.3 is 5.73 Å². The lowest BCUT2D eigenvalue weighted by atomic mass is 10.00. The maximum atomic E-state index is 11.5. The predicted molar refractivity (Wildman–Crippen MR) is 54.6 cm³/mol. The Morgan fingerprint density at radius 1 is 1.58 bits per heavy atom. The van der Waals surface area contributed by atoms with E-state index in [-0.39, 0.29) is 5.78 Å². The third kappa shape index (κ3) is 2.15. The molecule has 0 bridgehead atoms. The molecule has 1 rings (SSSR count). The van der Waals surface area contributed by atoms with Gasteiger partial charge >= 0.3 is 0 Å². The smallest absolute Gasteiger partial charge is 0.191 e. The number of halogens is 1. The molecular weight excluding hydrogens is 238 g/mol. The van der Waals surface area contributed by atoms with Gasteiger partial charge in [0, 0.05) is 0 Å². The number of thiophene rings is 1. The molecule has 0 spiro atoms. The van der Waals surface area contributed by atoms with Gasteiger partial charge in [-0.15, -0.1) is 11.3 Å². The largest absolute Gasteiger partial charge is 0.319 e. The zero-order valence-corrected chi connectivity index (χ0v) is 9.33. The molecule has 0 saturated heterocycles. The Kier molecular flexibility index (Phi) is 2.70. The first-order valence-corrected chi connectivity index (χ1v) is 5.11. The van der Waals surface area contributed by atoms with Crippen molar-refractivity contribution >= 4 is 33.0 Å². The lowest BCUT2D eigenvalue weighted by molar-refractivity contribution is 0.0918. The molecule has 0 amide bonds. The fourth-order valence-electron chi connectivity index (χ4n) is 0.754. The normalized spacial score (nSPS) is 11.7. The molecule has 2 N–H and O–H groups in total. The lowest BCUT2D eigenvalue weighted by Crippen LogP contribution is -2.41. The van der Waals surface area contributed by atoms with Crippen molar-refractivity contribution in [3.05, 3.63) is 20.8 Å². The molecule has 0 aliphatic heterocycles. The molecule has 2 nitrogen and oxygen atoms in total. The Morgan fingerprint density at radius 2 is 2.17 bits per heavy atom. The molecule has 4 heteroatoms. The minimum atomic E-state index is -0.774. The van der Waals surface area contributed by atoms with Crippen LogP contribution in [0, 0.1) is 0 Å². The zero-order chi connectivity index (χ0) is 9.35. The number of hydrogen-bond donors (Lipinski definition) is 1. The van der Waals surface area contributed by atoms with Crippen molar-refractivity contribution in [2.75, 3.05) is 0 Å². The van der Waals surface area contributed by atoms with Crippen LogP contribution >= 0.6 is 27.3 Å². The van der Waals surface area contributed by atoms with Crippen LogP contribution in [0.5, 0.6) is 0 Å². The summed E-state index contributed by atoms with van der Waals surface area (Å²) in [7, 11) is 0. The molecule has 1 aromatic rings. The molecule has 0 aliphatic carbocycles. The Labute approximate surface area is 83.9 Å². The first-order valence-electron chi connectivity index (χ1n) is 3.50. The van der Waals surface area contributed by atoms with Gasteiger partial charge in [0.1, 0.15) is 0 Å². The van der Waals surface area contributed by atoms with Gasteiger partial charge in [-0.1, -0.05) is 0 Å². The monoisotopic (exact) mass is 247 g/mol. The Balaban J connectivity index is 2.93. The van der Waals surface area contributed by atoms with E-state index in [4.69, 9.17) is 5.73 Å². The third-order valence-corrected chi connectivity index (χ3v) is 3.00. The Hall–Kier alpha value is -0.190. The average molecular weight is 248 g/mol. The van der Waals surface area contributed by atoms with Gasteiger partial charge in [0.25, 0.3) is 0 Å². The van der Waals surface area contributed by atoms with Gasteiger partial charge in [-0.3, -0.25) is 4.79 Å². The second-order valence-electron chi connectivity index (χ2n) is 3.15. The zero-order valence-electron chi connectivity index (χ0n) is 6.93. The molecule has 0 unspecified atom stereocenters. The quantitative estimate of drug-likeness (QED) is 0.817. The fraction of sp³-hybridized carbons (Fsp3) is 0.375. The van der Waals surface area contributed by atoms with Crippen LogP contribution in [-0.4, -0.2) is 11.3 Å². The summed E-state index contributed by atoms with van der Waals surface area (Å²) in [4.78, 5) is 12.2. The van der Waals surface area contributed by atoms with E-state index in [2.05, 4.69) is 15.9 Å². The molecule has 66 valence electrons. The highest BCUT2D eigenvalue weighted by molar-refractivity contribution is 9.11. The van der Waals surface area contributed by atoms with Crippen molar-refractivity contribution < 1.29 is 4.79 Å². The van der Waals surface area contributed by atoms with E-state index in [9.17, 15) is 4.79 Å². The number of Topliss-reactive ketones (excluding diaryl/α,β-unsaturated/α-hetero) is 1. The number of carbonyl (C=O) groups excluding carboxylic acids is 1. The third-order valence-electron chi connectivity index (χ3n) is 1.38. The second kappa shape index (κ2) is 3.28. The summed E-state index contributed by atoms with van der Waals surface area (Å²) in [5.74, 6) is -0.0156. The molecule has 0 saturated carbocycles. The topological polar surface area (TPSA) is 43.1 Å². The van der Waals surface area contributed by atoms with E-state index < -0.39 is 5.54 Å². The number of rotatable bonds is 2. The van der Waals surface area contributed by atoms with Crippen molar-refractivity contribution in [1.29, 1.82) is 0 Å². The van der Waals surface area contributed by atoms with Gasteiger partial charge in [-0.05, 0) is 41.9 Å². The van der Waals surface area contributed by atoms with Crippen LogP contribution in [0.1, 0.15) is 23.5 Å². The van der Waals surface area contributed by atoms with E-state index >= 15 is 0 Å². The first kappa shape index (κ1) is 9.89. The van der Waals surface area contributed by atoms with E-state index in [0.29, 0.717) is 4.88 Å². The van der Waals surface area contributed by atoms with Crippen LogP contribution < -0.4 is 5.73 Å². The van der Waals surface area contributed by atoms with Crippen LogP contribution in [0.3, 0.4) is 0 Å². The summed E-state index contributed by atoms with van der Waals surface area (Å²) in [5.41, 5.74) is 4.89. The molecule has 1 aromatic heterocycles. The van der Waals surface area contributed by atoms with Crippen LogP contribution in [-0.2, 0) is 0 Å². The maximum Gasteiger partial charge on any atom is 0.191 e. The van der Waals surface area contributed by atoms with Gasteiger partial charge in [0.15, 0.2) is 5.78 Å². The summed E-state index contributed by atoms with van der Waals surface area (Å²) in [6, 6.07) is 3.63. The van der Waals surface area contributed by atoms with Crippen molar-refractivity contribution in [3.63, 3.8) is 0 Å². The maximum absolute atomic E-state index is 11.5. The van der Waals surface area contributed by atoms with E-state index in [0.717, 1.165) is 3.79 Å². The summed E-state index contributed by atoms with van der Waals surface area (Å²) in [5, 5.41) is 0. The van der Waals surface area contributed by atoms with Gasteiger partial charge in [-0.25, -0.2) is 0 Å². The molecule has 0 radical (unpaired) electrons. The second-order valence-corrected chi connectivity index (χ2v) is 5.62. The molecule has 0 aromatic carbocycles. The van der Waals surface area contributed by atoms with Crippen molar-refractivity contribution in [3.8, 4) is 0 Å². The minimum absolute atomic E-state index is 0.0156. The Bertz CT molecular complexity index is 300. The molecule has 0 fully saturated rings. The number of carbonyl (C=O) groups is 1. The molecular formula is C8H10BrNOS. The van der Waals surface area contributed by atoms with E-state index in [1.165, 1.54) is 11.3 Å².